The minimum Gasteiger partial charge on any atom is -0.397 e. The fourth-order valence-electron chi connectivity index (χ4n) is 2.64. The number of hydrogen-bond donors (Lipinski definition) is 3. The van der Waals surface area contributed by atoms with Gasteiger partial charge in [-0.25, -0.2) is 4.98 Å². The molecule has 1 heterocycles. The molecule has 0 saturated heterocycles. The van der Waals surface area contributed by atoms with Crippen LogP contribution in [0, 0.1) is 0 Å². The van der Waals surface area contributed by atoms with Gasteiger partial charge in [-0.2, -0.15) is 0 Å². The third-order valence-corrected chi connectivity index (χ3v) is 3.52. The lowest BCUT2D eigenvalue weighted by Crippen LogP contribution is -2.41. The van der Waals surface area contributed by atoms with Gasteiger partial charge in [0.1, 0.15) is 5.82 Å². The van der Waals surface area contributed by atoms with Gasteiger partial charge in [0.15, 0.2) is 0 Å². The van der Waals surface area contributed by atoms with E-state index in [1.165, 1.54) is 12.3 Å². The van der Waals surface area contributed by atoms with Crippen LogP contribution >= 0.6 is 0 Å². The predicted octanol–water partition coefficient (Wildman–Crippen LogP) is -0.00300. The fourth-order valence-corrected chi connectivity index (χ4v) is 2.64. The molecular weight excluding hydrogens is 258 g/mol. The number of rotatable bonds is 5. The van der Waals surface area contributed by atoms with E-state index in [-0.39, 0.29) is 18.2 Å². The van der Waals surface area contributed by atoms with Crippen molar-refractivity contribution in [3.63, 3.8) is 0 Å². The molecule has 1 aromatic rings. The second kappa shape index (κ2) is 5.77. The summed E-state index contributed by atoms with van der Waals surface area (Å²) in [5.74, 6) is -0.699. The van der Waals surface area contributed by atoms with Crippen molar-refractivity contribution >= 4 is 23.3 Å². The summed E-state index contributed by atoms with van der Waals surface area (Å²) in [6.45, 7) is 0.0157. The zero-order valence-electron chi connectivity index (χ0n) is 11.2. The number of carbonyl (C=O) groups excluding carboxylic acids is 2. The molecular formula is C13H19N5O2. The predicted molar refractivity (Wildman–Crippen MR) is 76.0 cm³/mol. The zero-order chi connectivity index (χ0) is 14.7. The first-order chi connectivity index (χ1) is 9.49. The van der Waals surface area contributed by atoms with Crippen molar-refractivity contribution in [1.29, 1.82) is 0 Å². The number of anilines is 2. The molecule has 1 saturated carbocycles. The van der Waals surface area contributed by atoms with Crippen LogP contribution in [0.25, 0.3) is 0 Å². The van der Waals surface area contributed by atoms with Gasteiger partial charge in [0.2, 0.25) is 5.91 Å². The molecule has 20 heavy (non-hydrogen) atoms. The quantitative estimate of drug-likeness (QED) is 0.697. The van der Waals surface area contributed by atoms with Crippen LogP contribution < -0.4 is 22.1 Å². The van der Waals surface area contributed by atoms with Crippen LogP contribution in [0.3, 0.4) is 0 Å². The van der Waals surface area contributed by atoms with Gasteiger partial charge in [0.25, 0.3) is 5.91 Å². The number of aromatic nitrogens is 1. The topological polar surface area (TPSA) is 128 Å². The van der Waals surface area contributed by atoms with Crippen molar-refractivity contribution in [2.24, 2.45) is 11.5 Å². The molecule has 2 amide bonds. The Kier molecular flexibility index (Phi) is 4.07. The van der Waals surface area contributed by atoms with Gasteiger partial charge in [0, 0.05) is 6.04 Å². The molecule has 0 spiro atoms. The molecule has 7 heteroatoms. The van der Waals surface area contributed by atoms with Gasteiger partial charge in [0.05, 0.1) is 24.0 Å². The molecule has 0 aromatic carbocycles. The van der Waals surface area contributed by atoms with Gasteiger partial charge < -0.3 is 22.1 Å². The SMILES string of the molecule is NC(=O)CN(c1ncc(N)cc1C(N)=O)C1CCCC1. The molecule has 0 bridgehead atoms. The molecule has 1 fully saturated rings. The summed E-state index contributed by atoms with van der Waals surface area (Å²) >= 11 is 0. The van der Waals surface area contributed by atoms with Gasteiger partial charge in [-0.15, -0.1) is 0 Å². The standard InChI is InChI=1S/C13H19N5O2/c14-8-5-10(12(16)20)13(17-6-8)18(7-11(15)19)9-3-1-2-4-9/h5-6,9H,1-4,7,14H2,(H2,15,19)(H2,16,20). The third-order valence-electron chi connectivity index (χ3n) is 3.52. The second-order valence-electron chi connectivity index (χ2n) is 5.04. The Morgan fingerprint density at radius 2 is 1.95 bits per heavy atom. The van der Waals surface area contributed by atoms with E-state index >= 15 is 0 Å². The smallest absolute Gasteiger partial charge is 0.252 e. The Hall–Kier alpha value is -2.31. The van der Waals surface area contributed by atoms with E-state index in [4.69, 9.17) is 17.2 Å². The van der Waals surface area contributed by atoms with E-state index in [2.05, 4.69) is 4.98 Å². The maximum atomic E-state index is 11.6. The Labute approximate surface area is 117 Å². The van der Waals surface area contributed by atoms with Crippen molar-refractivity contribution in [2.75, 3.05) is 17.2 Å². The van der Waals surface area contributed by atoms with E-state index in [0.29, 0.717) is 11.5 Å². The van der Waals surface area contributed by atoms with Gasteiger partial charge in [-0.05, 0) is 18.9 Å². The molecule has 0 atom stereocenters. The van der Waals surface area contributed by atoms with Crippen molar-refractivity contribution in [1.82, 2.24) is 4.98 Å². The van der Waals surface area contributed by atoms with E-state index in [1.807, 2.05) is 0 Å². The van der Waals surface area contributed by atoms with Crippen molar-refractivity contribution < 1.29 is 9.59 Å². The van der Waals surface area contributed by atoms with Gasteiger partial charge in [-0.1, -0.05) is 12.8 Å². The number of amides is 2. The molecule has 0 radical (unpaired) electrons. The summed E-state index contributed by atoms with van der Waals surface area (Å²) in [4.78, 5) is 28.8. The summed E-state index contributed by atoms with van der Waals surface area (Å²) in [7, 11) is 0. The lowest BCUT2D eigenvalue weighted by atomic mass is 10.1. The molecule has 108 valence electrons. The number of primary amides is 2. The molecule has 7 nitrogen and oxygen atoms in total. The van der Waals surface area contributed by atoms with Crippen molar-refractivity contribution in [3.8, 4) is 0 Å². The number of carbonyl (C=O) groups is 2. The van der Waals surface area contributed by atoms with Crippen molar-refractivity contribution in [2.45, 2.75) is 31.7 Å². The summed E-state index contributed by atoms with van der Waals surface area (Å²) in [6.07, 6.45) is 5.50. The van der Waals surface area contributed by atoms with E-state index < -0.39 is 11.8 Å². The molecule has 1 aromatic heterocycles. The molecule has 0 unspecified atom stereocenters. The lowest BCUT2D eigenvalue weighted by molar-refractivity contribution is -0.116. The number of pyridine rings is 1. The first kappa shape index (κ1) is 14.1. The van der Waals surface area contributed by atoms with E-state index in [9.17, 15) is 9.59 Å². The molecule has 0 aliphatic heterocycles. The lowest BCUT2D eigenvalue weighted by Gasteiger charge is -2.30. The number of nitrogens with two attached hydrogens (primary N) is 3. The van der Waals surface area contributed by atoms with Crippen LogP contribution in [0.15, 0.2) is 12.3 Å². The first-order valence-corrected chi connectivity index (χ1v) is 6.59. The minimum atomic E-state index is -0.618. The molecule has 6 N–H and O–H groups in total. The summed E-state index contributed by atoms with van der Waals surface area (Å²) in [5, 5.41) is 0. The number of nitrogens with zero attached hydrogens (tertiary/aromatic N) is 2. The number of nitrogen functional groups attached to an aromatic ring is 1. The Morgan fingerprint density at radius 1 is 1.30 bits per heavy atom. The Balaban J connectivity index is 2.41. The van der Waals surface area contributed by atoms with Gasteiger partial charge >= 0.3 is 0 Å². The highest BCUT2D eigenvalue weighted by Gasteiger charge is 2.27. The molecule has 1 aliphatic rings. The normalized spacial score (nSPS) is 15.2. The van der Waals surface area contributed by atoms with Crippen LogP contribution in [0.4, 0.5) is 11.5 Å². The highest BCUT2D eigenvalue weighted by Crippen LogP contribution is 2.29. The maximum Gasteiger partial charge on any atom is 0.252 e. The maximum absolute atomic E-state index is 11.6. The average Bonchev–Trinajstić information content (AvgIpc) is 2.89. The third kappa shape index (κ3) is 2.98. The minimum absolute atomic E-state index is 0.0157. The van der Waals surface area contributed by atoms with Crippen LogP contribution in [0.5, 0.6) is 0 Å². The highest BCUT2D eigenvalue weighted by atomic mass is 16.1. The monoisotopic (exact) mass is 277 g/mol. The molecule has 2 rings (SSSR count). The summed E-state index contributed by atoms with van der Waals surface area (Å²) in [6, 6.07) is 1.63. The second-order valence-corrected chi connectivity index (χ2v) is 5.04. The Bertz CT molecular complexity index is 525. The van der Waals surface area contributed by atoms with E-state index in [1.54, 1.807) is 4.90 Å². The van der Waals surface area contributed by atoms with Crippen LogP contribution in [0.2, 0.25) is 0 Å². The van der Waals surface area contributed by atoms with Crippen LogP contribution in [-0.4, -0.2) is 29.4 Å². The average molecular weight is 277 g/mol. The Morgan fingerprint density at radius 3 is 2.50 bits per heavy atom. The molecule has 1 aliphatic carbocycles. The van der Waals surface area contributed by atoms with Gasteiger partial charge in [-0.3, -0.25) is 9.59 Å². The first-order valence-electron chi connectivity index (χ1n) is 6.59. The number of hydrogen-bond acceptors (Lipinski definition) is 5. The highest BCUT2D eigenvalue weighted by molar-refractivity contribution is 5.99. The summed E-state index contributed by atoms with van der Waals surface area (Å²) in [5.41, 5.74) is 16.9. The largest absolute Gasteiger partial charge is 0.397 e. The fraction of sp³-hybridized carbons (Fsp3) is 0.462. The summed E-state index contributed by atoms with van der Waals surface area (Å²) < 4.78 is 0. The van der Waals surface area contributed by atoms with Crippen LogP contribution in [-0.2, 0) is 4.79 Å². The zero-order valence-corrected chi connectivity index (χ0v) is 11.2. The van der Waals surface area contributed by atoms with Crippen molar-refractivity contribution in [3.05, 3.63) is 17.8 Å². The van der Waals surface area contributed by atoms with E-state index in [0.717, 1.165) is 25.7 Å². The van der Waals surface area contributed by atoms with Crippen LogP contribution in [0.1, 0.15) is 36.0 Å².